The maximum absolute atomic E-state index is 14.1. The summed E-state index contributed by atoms with van der Waals surface area (Å²) in [5.41, 5.74) is 2.75. The van der Waals surface area contributed by atoms with Crippen LogP contribution >= 0.6 is 0 Å². The Morgan fingerprint density at radius 2 is 2.44 bits per heavy atom. The molecule has 2 nitrogen and oxygen atoms in total. The van der Waals surface area contributed by atoms with Crippen LogP contribution in [-0.2, 0) is 0 Å². The summed E-state index contributed by atoms with van der Waals surface area (Å²) in [6.07, 6.45) is 13.1. The minimum absolute atomic E-state index is 0.515. The fourth-order valence-electron chi connectivity index (χ4n) is 2.22. The summed E-state index contributed by atoms with van der Waals surface area (Å²) in [4.78, 5) is 0. The monoisotopic (exact) mass is 211 g/mol. The largest absolute Gasteiger partial charge is 0.845 e. The van der Waals surface area contributed by atoms with Crippen LogP contribution < -0.4 is 0 Å². The SMILES string of the molecule is C#CCC1=C2C=CC=[N+]2B(F)n2cccc21. The first-order chi connectivity index (χ1) is 7.83. The number of hydrogen-bond donors (Lipinski definition) is 0. The number of rotatable bonds is 1. The maximum Gasteiger partial charge on any atom is 0.845 e. The smallest absolute Gasteiger partial charge is 0.293 e. The van der Waals surface area contributed by atoms with Gasteiger partial charge in [-0.2, -0.15) is 0 Å². The van der Waals surface area contributed by atoms with E-state index in [1.165, 1.54) is 0 Å². The van der Waals surface area contributed by atoms with Gasteiger partial charge in [-0.15, -0.1) is 12.3 Å². The Bertz CT molecular complexity index is 586. The Morgan fingerprint density at radius 3 is 3.25 bits per heavy atom. The third kappa shape index (κ3) is 1.06. The molecule has 0 aliphatic carbocycles. The van der Waals surface area contributed by atoms with E-state index < -0.39 is 7.26 Å². The van der Waals surface area contributed by atoms with Crippen molar-refractivity contribution in [2.24, 2.45) is 0 Å². The van der Waals surface area contributed by atoms with Gasteiger partial charge >= 0.3 is 7.26 Å². The quantitative estimate of drug-likeness (QED) is 0.493. The lowest BCUT2D eigenvalue weighted by Crippen LogP contribution is -2.37. The molecule has 0 aromatic carbocycles. The number of allylic oxidation sites excluding steroid dienone is 3. The van der Waals surface area contributed by atoms with Crippen molar-refractivity contribution in [2.45, 2.75) is 6.42 Å². The summed E-state index contributed by atoms with van der Waals surface area (Å²) >= 11 is 0. The number of fused-ring (bicyclic) bond motifs is 2. The van der Waals surface area contributed by atoms with E-state index in [-0.39, 0.29) is 0 Å². The van der Waals surface area contributed by atoms with Gasteiger partial charge in [0, 0.05) is 30.5 Å². The second-order valence-electron chi connectivity index (χ2n) is 3.77. The average molecular weight is 211 g/mol. The van der Waals surface area contributed by atoms with Crippen LogP contribution in [-0.4, -0.2) is 22.4 Å². The first-order valence-electron chi connectivity index (χ1n) is 5.10. The summed E-state index contributed by atoms with van der Waals surface area (Å²) in [5.74, 6) is 2.63. The van der Waals surface area contributed by atoms with Crippen LogP contribution in [0.4, 0.5) is 4.32 Å². The molecule has 0 radical (unpaired) electrons. The molecular weight excluding hydrogens is 202 g/mol. The molecule has 4 heteroatoms. The van der Waals surface area contributed by atoms with Crippen LogP contribution in [0.5, 0.6) is 0 Å². The van der Waals surface area contributed by atoms with Crippen molar-refractivity contribution in [1.82, 2.24) is 4.48 Å². The zero-order valence-corrected chi connectivity index (χ0v) is 8.60. The molecule has 3 heterocycles. The minimum Gasteiger partial charge on any atom is -0.293 e. The highest BCUT2D eigenvalue weighted by Crippen LogP contribution is 2.31. The van der Waals surface area contributed by atoms with Gasteiger partial charge in [0.15, 0.2) is 5.70 Å². The Hall–Kier alpha value is -2.02. The van der Waals surface area contributed by atoms with Crippen molar-refractivity contribution in [3.05, 3.63) is 41.9 Å². The second-order valence-corrected chi connectivity index (χ2v) is 3.77. The van der Waals surface area contributed by atoms with Crippen LogP contribution in [0.25, 0.3) is 5.57 Å². The molecule has 1 aromatic rings. The fourth-order valence-corrected chi connectivity index (χ4v) is 2.22. The predicted molar refractivity (Wildman–Crippen MR) is 62.5 cm³/mol. The van der Waals surface area contributed by atoms with E-state index in [1.54, 1.807) is 21.4 Å². The normalized spacial score (nSPS) is 17.0. The summed E-state index contributed by atoms with van der Waals surface area (Å²) in [6, 6.07) is 3.74. The highest BCUT2D eigenvalue weighted by atomic mass is 19.1. The molecule has 0 spiro atoms. The van der Waals surface area contributed by atoms with Crippen LogP contribution in [0.3, 0.4) is 0 Å². The van der Waals surface area contributed by atoms with Gasteiger partial charge < -0.3 is 0 Å². The Balaban J connectivity index is 2.27. The van der Waals surface area contributed by atoms with E-state index in [1.807, 2.05) is 24.3 Å². The number of hydrogen-bond acceptors (Lipinski definition) is 0. The van der Waals surface area contributed by atoms with Crippen molar-refractivity contribution in [3.8, 4) is 12.3 Å². The highest BCUT2D eigenvalue weighted by Gasteiger charge is 2.45. The molecular formula is C12H9BFN2+. The number of terminal acetylenes is 1. The van der Waals surface area contributed by atoms with E-state index in [2.05, 4.69) is 5.92 Å². The lowest BCUT2D eigenvalue weighted by atomic mass is 9.93. The molecule has 0 unspecified atom stereocenters. The highest BCUT2D eigenvalue weighted by molar-refractivity contribution is 6.42. The average Bonchev–Trinajstić information content (AvgIpc) is 2.92. The maximum atomic E-state index is 14.1. The molecule has 0 saturated carbocycles. The summed E-state index contributed by atoms with van der Waals surface area (Å²) in [5, 5.41) is 0. The van der Waals surface area contributed by atoms with E-state index >= 15 is 0 Å². The Kier molecular flexibility index (Phi) is 1.87. The van der Waals surface area contributed by atoms with Crippen molar-refractivity contribution in [2.75, 3.05) is 0 Å². The van der Waals surface area contributed by atoms with Gasteiger partial charge in [-0.3, -0.25) is 4.48 Å². The molecule has 0 amide bonds. The molecule has 0 fully saturated rings. The van der Waals surface area contributed by atoms with Gasteiger partial charge in [0.25, 0.3) is 0 Å². The lowest BCUT2D eigenvalue weighted by molar-refractivity contribution is -0.329. The van der Waals surface area contributed by atoms with Crippen molar-refractivity contribution < 1.29 is 8.80 Å². The zero-order valence-electron chi connectivity index (χ0n) is 8.60. The third-order valence-electron chi connectivity index (χ3n) is 2.91. The lowest BCUT2D eigenvalue weighted by Gasteiger charge is -2.16. The molecule has 2 aliphatic rings. The van der Waals surface area contributed by atoms with Gasteiger partial charge in [0.1, 0.15) is 6.21 Å². The van der Waals surface area contributed by atoms with Crippen LogP contribution in [0.2, 0.25) is 0 Å². The standard InChI is InChI=1S/C12H9BFN2/c1-2-5-10-11-6-3-8-15(11)13(14)16-9-4-7-12(10)16/h1,3-4,6-9H,5H2/q+1. The summed E-state index contributed by atoms with van der Waals surface area (Å²) in [7, 11) is -1.17. The molecule has 0 atom stereocenters. The molecule has 76 valence electrons. The fraction of sp³-hybridized carbons (Fsp3) is 0.0833. The van der Waals surface area contributed by atoms with Crippen LogP contribution in [0.15, 0.2) is 36.2 Å². The van der Waals surface area contributed by atoms with Crippen molar-refractivity contribution in [3.63, 3.8) is 0 Å². The Morgan fingerprint density at radius 1 is 1.56 bits per heavy atom. The van der Waals surface area contributed by atoms with E-state index in [9.17, 15) is 4.32 Å². The van der Waals surface area contributed by atoms with Gasteiger partial charge in [0.05, 0.1) is 5.57 Å². The van der Waals surface area contributed by atoms with Gasteiger partial charge in [-0.05, 0) is 12.1 Å². The van der Waals surface area contributed by atoms with E-state index in [0.717, 1.165) is 17.0 Å². The van der Waals surface area contributed by atoms with Crippen molar-refractivity contribution >= 4 is 19.0 Å². The first-order valence-corrected chi connectivity index (χ1v) is 5.10. The molecule has 2 aliphatic heterocycles. The predicted octanol–water partition coefficient (Wildman–Crippen LogP) is 1.69. The topological polar surface area (TPSA) is 7.94 Å². The number of halogens is 1. The molecule has 1 aromatic heterocycles. The Labute approximate surface area is 93.6 Å². The molecule has 0 bridgehead atoms. The second kappa shape index (κ2) is 3.24. The van der Waals surface area contributed by atoms with E-state index in [4.69, 9.17) is 6.42 Å². The summed E-state index contributed by atoms with van der Waals surface area (Å²) in [6.45, 7) is 0. The molecule has 3 rings (SSSR count). The first kappa shape index (κ1) is 9.23. The zero-order chi connectivity index (χ0) is 11.1. The van der Waals surface area contributed by atoms with Gasteiger partial charge in [-0.1, -0.05) is 0 Å². The number of nitrogens with zero attached hydrogens (tertiary/aromatic N) is 2. The summed E-state index contributed by atoms with van der Waals surface area (Å²) < 4.78 is 17.3. The van der Waals surface area contributed by atoms with Gasteiger partial charge in [-0.25, -0.2) is 8.80 Å². The third-order valence-corrected chi connectivity index (χ3v) is 2.91. The number of aromatic nitrogens is 1. The van der Waals surface area contributed by atoms with Crippen LogP contribution in [0, 0.1) is 12.3 Å². The van der Waals surface area contributed by atoms with Crippen molar-refractivity contribution in [1.29, 1.82) is 0 Å². The molecule has 0 saturated heterocycles. The minimum atomic E-state index is -1.17. The van der Waals surface area contributed by atoms with Gasteiger partial charge in [0.2, 0.25) is 0 Å². The molecule has 0 N–H and O–H groups in total. The van der Waals surface area contributed by atoms with Crippen LogP contribution in [0.1, 0.15) is 12.1 Å². The van der Waals surface area contributed by atoms with E-state index in [0.29, 0.717) is 6.42 Å². The molecule has 16 heavy (non-hydrogen) atoms.